The first-order valence-electron chi connectivity index (χ1n) is 4.85. The summed E-state index contributed by atoms with van der Waals surface area (Å²) in [5.41, 5.74) is 2.46. The molecule has 2 rings (SSSR count). The number of hydrogen-bond acceptors (Lipinski definition) is 1. The maximum absolute atomic E-state index is 5.54. The number of aryl methyl sites for hydroxylation is 1. The van der Waals surface area contributed by atoms with Crippen LogP contribution in [-0.4, -0.2) is 7.11 Å². The quantitative estimate of drug-likeness (QED) is 0.645. The predicted molar refractivity (Wildman–Crippen MR) is 57.5 cm³/mol. The molecule has 1 aromatic rings. The van der Waals surface area contributed by atoms with Gasteiger partial charge < -0.3 is 4.74 Å². The van der Waals surface area contributed by atoms with E-state index in [0.29, 0.717) is 0 Å². The minimum Gasteiger partial charge on any atom is -0.496 e. The van der Waals surface area contributed by atoms with Gasteiger partial charge in [0.25, 0.3) is 0 Å². The van der Waals surface area contributed by atoms with E-state index < -0.39 is 0 Å². The van der Waals surface area contributed by atoms with Crippen molar-refractivity contribution in [1.29, 1.82) is 0 Å². The zero-order chi connectivity index (χ0) is 10.2. The highest BCUT2D eigenvalue weighted by Crippen LogP contribution is 2.48. The number of methoxy groups -OCH3 is 1. The van der Waals surface area contributed by atoms with E-state index in [9.17, 15) is 0 Å². The van der Waals surface area contributed by atoms with Crippen LogP contribution in [0.4, 0.5) is 0 Å². The Morgan fingerprint density at radius 3 is 2.57 bits per heavy atom. The molecule has 0 bridgehead atoms. The van der Waals surface area contributed by atoms with E-state index in [0.717, 1.165) is 24.2 Å². The van der Waals surface area contributed by atoms with Crippen LogP contribution < -0.4 is 4.74 Å². The molecule has 0 atom stereocenters. The molecule has 0 spiro atoms. The van der Waals surface area contributed by atoms with Crippen LogP contribution in [0.2, 0.25) is 0 Å². The molecule has 1 aromatic carbocycles. The second kappa shape index (κ2) is 3.06. The molecule has 1 aliphatic rings. The molecule has 0 amide bonds. The highest BCUT2D eigenvalue weighted by atomic mass is 16.5. The number of benzene rings is 1. The summed E-state index contributed by atoms with van der Waals surface area (Å²) in [5.74, 6) is 3.82. The molecule has 72 valence electrons. The molecule has 0 aliphatic heterocycles. The molecule has 0 saturated heterocycles. The molecular weight excluding hydrogens is 172 g/mol. The maximum atomic E-state index is 5.54. The topological polar surface area (TPSA) is 9.23 Å². The van der Waals surface area contributed by atoms with Crippen LogP contribution in [0.25, 0.3) is 0 Å². The van der Waals surface area contributed by atoms with Crippen molar-refractivity contribution in [3.05, 3.63) is 29.3 Å². The molecule has 1 nitrogen and oxygen atoms in total. The minimum absolute atomic E-state index is 0.0387. The van der Waals surface area contributed by atoms with E-state index in [1.807, 2.05) is 6.07 Å². The highest BCUT2D eigenvalue weighted by Gasteiger charge is 2.42. The van der Waals surface area contributed by atoms with E-state index in [2.05, 4.69) is 25.0 Å². The first-order valence-corrected chi connectivity index (χ1v) is 4.85. The Labute approximate surface area is 85.1 Å². The van der Waals surface area contributed by atoms with Gasteiger partial charge in [-0.15, -0.1) is 6.42 Å². The molecular formula is C13H14O. The van der Waals surface area contributed by atoms with Gasteiger partial charge in [0, 0.05) is 0 Å². The van der Waals surface area contributed by atoms with Crippen LogP contribution in [0, 0.1) is 19.3 Å². The molecule has 1 fully saturated rings. The predicted octanol–water partition coefficient (Wildman–Crippen LogP) is 2.67. The number of hydrogen-bond donors (Lipinski definition) is 0. The van der Waals surface area contributed by atoms with E-state index in [1.54, 1.807) is 7.11 Å². The van der Waals surface area contributed by atoms with Gasteiger partial charge in [0.05, 0.1) is 12.5 Å². The summed E-state index contributed by atoms with van der Waals surface area (Å²) in [5, 5.41) is 0. The van der Waals surface area contributed by atoms with Crippen LogP contribution in [0.1, 0.15) is 24.0 Å². The Morgan fingerprint density at radius 1 is 1.43 bits per heavy atom. The van der Waals surface area contributed by atoms with E-state index >= 15 is 0 Å². The normalized spacial score (nSPS) is 17.2. The molecule has 1 aliphatic carbocycles. The third-order valence-electron chi connectivity index (χ3n) is 2.97. The van der Waals surface area contributed by atoms with Gasteiger partial charge >= 0.3 is 0 Å². The summed E-state index contributed by atoms with van der Waals surface area (Å²) >= 11 is 0. The lowest BCUT2D eigenvalue weighted by Gasteiger charge is -2.11. The monoisotopic (exact) mass is 186 g/mol. The van der Waals surface area contributed by atoms with Crippen LogP contribution >= 0.6 is 0 Å². The Hall–Kier alpha value is -1.42. The largest absolute Gasteiger partial charge is 0.496 e. The molecule has 1 heteroatoms. The SMILES string of the molecule is C#CC1(c2ccc(OC)c(C)c2)CC1. The van der Waals surface area contributed by atoms with E-state index in [-0.39, 0.29) is 5.41 Å². The third kappa shape index (κ3) is 1.28. The fourth-order valence-corrected chi connectivity index (χ4v) is 1.82. The van der Waals surface area contributed by atoms with Crippen molar-refractivity contribution < 1.29 is 4.74 Å². The maximum Gasteiger partial charge on any atom is 0.121 e. The first-order chi connectivity index (χ1) is 6.72. The number of rotatable bonds is 2. The Morgan fingerprint density at radius 2 is 2.14 bits per heavy atom. The summed E-state index contributed by atoms with van der Waals surface area (Å²) in [6, 6.07) is 6.23. The van der Waals surface area contributed by atoms with Crippen molar-refractivity contribution >= 4 is 0 Å². The summed E-state index contributed by atoms with van der Waals surface area (Å²) in [7, 11) is 1.69. The van der Waals surface area contributed by atoms with Crippen LogP contribution in [0.5, 0.6) is 5.75 Å². The second-order valence-electron chi connectivity index (χ2n) is 3.91. The summed E-state index contributed by atoms with van der Waals surface area (Å²) in [4.78, 5) is 0. The standard InChI is InChI=1S/C13H14O/c1-4-13(7-8-13)11-5-6-12(14-3)10(2)9-11/h1,5-6,9H,7-8H2,2-3H3. The van der Waals surface area contributed by atoms with Crippen molar-refractivity contribution in [2.75, 3.05) is 7.11 Å². The number of terminal acetylenes is 1. The van der Waals surface area contributed by atoms with Crippen molar-refractivity contribution in [3.8, 4) is 18.1 Å². The Balaban J connectivity index is 2.39. The van der Waals surface area contributed by atoms with Crippen LogP contribution in [-0.2, 0) is 5.41 Å². The van der Waals surface area contributed by atoms with Gasteiger partial charge in [0.2, 0.25) is 0 Å². The van der Waals surface area contributed by atoms with Gasteiger partial charge in [-0.1, -0.05) is 18.1 Å². The van der Waals surface area contributed by atoms with Crippen LogP contribution in [0.15, 0.2) is 18.2 Å². The van der Waals surface area contributed by atoms with Crippen molar-refractivity contribution in [1.82, 2.24) is 0 Å². The minimum atomic E-state index is 0.0387. The zero-order valence-corrected chi connectivity index (χ0v) is 8.63. The molecule has 0 heterocycles. The van der Waals surface area contributed by atoms with Gasteiger partial charge in [-0.3, -0.25) is 0 Å². The second-order valence-corrected chi connectivity index (χ2v) is 3.91. The van der Waals surface area contributed by atoms with Gasteiger partial charge in [0.1, 0.15) is 5.75 Å². The van der Waals surface area contributed by atoms with Gasteiger partial charge in [-0.2, -0.15) is 0 Å². The zero-order valence-electron chi connectivity index (χ0n) is 8.63. The molecule has 0 radical (unpaired) electrons. The highest BCUT2D eigenvalue weighted by molar-refractivity contribution is 5.46. The van der Waals surface area contributed by atoms with Gasteiger partial charge in [-0.05, 0) is 37.0 Å². The summed E-state index contributed by atoms with van der Waals surface area (Å²) in [6.45, 7) is 2.05. The smallest absolute Gasteiger partial charge is 0.121 e. The lowest BCUT2D eigenvalue weighted by molar-refractivity contribution is 0.411. The van der Waals surface area contributed by atoms with E-state index in [1.165, 1.54) is 5.56 Å². The third-order valence-corrected chi connectivity index (χ3v) is 2.97. The Kier molecular flexibility index (Phi) is 2.00. The summed E-state index contributed by atoms with van der Waals surface area (Å²) in [6.07, 6.45) is 7.78. The van der Waals surface area contributed by atoms with Crippen LogP contribution in [0.3, 0.4) is 0 Å². The molecule has 0 unspecified atom stereocenters. The Bertz CT molecular complexity index is 394. The molecule has 0 aromatic heterocycles. The van der Waals surface area contributed by atoms with E-state index in [4.69, 9.17) is 11.2 Å². The van der Waals surface area contributed by atoms with Crippen molar-refractivity contribution in [2.45, 2.75) is 25.2 Å². The lowest BCUT2D eigenvalue weighted by atomic mass is 9.95. The van der Waals surface area contributed by atoms with Crippen molar-refractivity contribution in [2.24, 2.45) is 0 Å². The molecule has 14 heavy (non-hydrogen) atoms. The fraction of sp³-hybridized carbons (Fsp3) is 0.385. The average Bonchev–Trinajstić information content (AvgIpc) is 2.98. The molecule has 0 N–H and O–H groups in total. The number of ether oxygens (including phenoxy) is 1. The first kappa shape index (κ1) is 9.15. The van der Waals surface area contributed by atoms with Gasteiger partial charge in [-0.25, -0.2) is 0 Å². The fourth-order valence-electron chi connectivity index (χ4n) is 1.82. The van der Waals surface area contributed by atoms with Gasteiger partial charge in [0.15, 0.2) is 0 Å². The van der Waals surface area contributed by atoms with Crippen molar-refractivity contribution in [3.63, 3.8) is 0 Å². The molecule has 1 saturated carbocycles. The average molecular weight is 186 g/mol. The summed E-state index contributed by atoms with van der Waals surface area (Å²) < 4.78 is 5.22. The lowest BCUT2D eigenvalue weighted by Crippen LogP contribution is -2.03.